The molecule has 156 valence electrons. The summed E-state index contributed by atoms with van der Waals surface area (Å²) in [4.78, 5) is 12.6. The number of benzene rings is 3. The number of hydrogen-bond acceptors (Lipinski definition) is 4. The van der Waals surface area contributed by atoms with Crippen LogP contribution in [0.5, 0.6) is 5.75 Å². The van der Waals surface area contributed by atoms with E-state index in [4.69, 9.17) is 16.3 Å². The molecule has 0 unspecified atom stereocenters. The Morgan fingerprint density at radius 3 is 2.30 bits per heavy atom. The maximum atomic E-state index is 13.0. The van der Waals surface area contributed by atoms with Crippen LogP contribution in [0, 0.1) is 13.8 Å². The lowest BCUT2D eigenvalue weighted by Crippen LogP contribution is -2.17. The first kappa shape index (κ1) is 21.7. The number of aryl methyl sites for hydroxylation is 2. The van der Waals surface area contributed by atoms with Crippen molar-refractivity contribution in [1.29, 1.82) is 0 Å². The van der Waals surface area contributed by atoms with E-state index in [1.54, 1.807) is 42.5 Å². The lowest BCUT2D eigenvalue weighted by Gasteiger charge is -2.14. The van der Waals surface area contributed by atoms with E-state index in [1.165, 1.54) is 25.3 Å². The number of rotatable bonds is 6. The Kier molecular flexibility index (Phi) is 6.34. The van der Waals surface area contributed by atoms with Gasteiger partial charge in [0.05, 0.1) is 7.11 Å². The van der Waals surface area contributed by atoms with Gasteiger partial charge in [-0.15, -0.1) is 0 Å². The molecule has 0 fully saturated rings. The molecule has 6 nitrogen and oxygen atoms in total. The highest BCUT2D eigenvalue weighted by molar-refractivity contribution is 7.92. The number of hydrogen-bond donors (Lipinski definition) is 2. The predicted octanol–water partition coefficient (Wildman–Crippen LogP) is 5.02. The predicted molar refractivity (Wildman–Crippen MR) is 119 cm³/mol. The van der Waals surface area contributed by atoms with Crippen molar-refractivity contribution in [3.8, 4) is 5.75 Å². The summed E-state index contributed by atoms with van der Waals surface area (Å²) in [5, 5.41) is 3.33. The number of carbonyl (C=O) groups excluding carboxylic acids is 1. The molecule has 0 aliphatic carbocycles. The zero-order valence-electron chi connectivity index (χ0n) is 16.7. The van der Waals surface area contributed by atoms with Gasteiger partial charge in [-0.1, -0.05) is 29.3 Å². The fourth-order valence-electron chi connectivity index (χ4n) is 2.82. The van der Waals surface area contributed by atoms with E-state index in [1.807, 2.05) is 13.8 Å². The van der Waals surface area contributed by atoms with Gasteiger partial charge in [0.1, 0.15) is 10.6 Å². The summed E-state index contributed by atoms with van der Waals surface area (Å²) in [5.41, 5.74) is 2.97. The molecule has 2 N–H and O–H groups in total. The maximum Gasteiger partial charge on any atom is 0.265 e. The molecule has 0 radical (unpaired) electrons. The van der Waals surface area contributed by atoms with Gasteiger partial charge in [-0.05, 0) is 67.9 Å². The largest absolute Gasteiger partial charge is 0.495 e. The Bertz CT molecular complexity index is 1190. The maximum absolute atomic E-state index is 13.0. The van der Waals surface area contributed by atoms with Crippen LogP contribution < -0.4 is 14.8 Å². The Hall–Kier alpha value is -3.03. The van der Waals surface area contributed by atoms with Gasteiger partial charge in [0.2, 0.25) is 0 Å². The van der Waals surface area contributed by atoms with Crippen LogP contribution in [0.3, 0.4) is 0 Å². The van der Waals surface area contributed by atoms with Gasteiger partial charge in [0.25, 0.3) is 15.9 Å². The molecular weight excluding hydrogens is 424 g/mol. The van der Waals surface area contributed by atoms with Gasteiger partial charge in [-0.2, -0.15) is 0 Å². The van der Waals surface area contributed by atoms with Crippen molar-refractivity contribution in [3.63, 3.8) is 0 Å². The van der Waals surface area contributed by atoms with Crippen LogP contribution >= 0.6 is 11.6 Å². The molecule has 0 atom stereocenters. The molecule has 8 heteroatoms. The Morgan fingerprint density at radius 2 is 1.67 bits per heavy atom. The number of carbonyl (C=O) groups is 1. The highest BCUT2D eigenvalue weighted by Gasteiger charge is 2.22. The Balaban J connectivity index is 1.92. The molecule has 0 spiro atoms. The second-order valence-corrected chi connectivity index (χ2v) is 8.84. The summed E-state index contributed by atoms with van der Waals surface area (Å²) in [5.74, 6) is -0.316. The molecule has 3 aromatic rings. The monoisotopic (exact) mass is 444 g/mol. The van der Waals surface area contributed by atoms with E-state index in [0.29, 0.717) is 16.4 Å². The Labute approximate surface area is 180 Å². The number of amides is 1. The minimum atomic E-state index is -3.98. The second kappa shape index (κ2) is 8.77. The van der Waals surface area contributed by atoms with Crippen molar-refractivity contribution < 1.29 is 17.9 Å². The average molecular weight is 445 g/mol. The molecule has 0 bridgehead atoms. The van der Waals surface area contributed by atoms with Gasteiger partial charge in [0.15, 0.2) is 0 Å². The molecule has 3 aromatic carbocycles. The van der Waals surface area contributed by atoms with Crippen LogP contribution in [-0.4, -0.2) is 21.4 Å². The van der Waals surface area contributed by atoms with Gasteiger partial charge in [-0.25, -0.2) is 8.42 Å². The zero-order chi connectivity index (χ0) is 21.9. The smallest absolute Gasteiger partial charge is 0.265 e. The summed E-state index contributed by atoms with van der Waals surface area (Å²) in [6.07, 6.45) is 0. The highest BCUT2D eigenvalue weighted by atomic mass is 35.5. The van der Waals surface area contributed by atoms with Crippen LogP contribution in [0.4, 0.5) is 11.4 Å². The first-order valence-corrected chi connectivity index (χ1v) is 10.9. The third-order valence-electron chi connectivity index (χ3n) is 4.46. The molecule has 0 aromatic heterocycles. The lowest BCUT2D eigenvalue weighted by molar-refractivity contribution is 0.102. The van der Waals surface area contributed by atoms with Crippen LogP contribution in [0.15, 0.2) is 65.6 Å². The summed E-state index contributed by atoms with van der Waals surface area (Å²) >= 11 is 5.95. The molecule has 0 heterocycles. The van der Waals surface area contributed by atoms with E-state index < -0.39 is 15.9 Å². The van der Waals surface area contributed by atoms with Crippen LogP contribution in [0.25, 0.3) is 0 Å². The van der Waals surface area contributed by atoms with Crippen molar-refractivity contribution in [2.45, 2.75) is 18.7 Å². The third kappa shape index (κ3) is 4.93. The van der Waals surface area contributed by atoms with Crippen LogP contribution in [0.1, 0.15) is 21.5 Å². The number of sulfonamides is 1. The fourth-order valence-corrected chi connectivity index (χ4v) is 4.30. The first-order valence-electron chi connectivity index (χ1n) is 9.04. The first-order chi connectivity index (χ1) is 14.2. The van der Waals surface area contributed by atoms with Crippen molar-refractivity contribution >= 4 is 38.9 Å². The van der Waals surface area contributed by atoms with Crippen molar-refractivity contribution in [2.75, 3.05) is 17.1 Å². The number of methoxy groups -OCH3 is 1. The minimum Gasteiger partial charge on any atom is -0.495 e. The van der Waals surface area contributed by atoms with Crippen molar-refractivity contribution in [3.05, 3.63) is 82.4 Å². The molecule has 1 amide bonds. The lowest BCUT2D eigenvalue weighted by atomic mass is 10.1. The standard InChI is InChI=1S/C22H21ClN2O4S/c1-14-4-8-18(9-5-14)25-30(27,28)21-13-16(6-11-20(21)29-3)22(26)24-19-10-7-17(23)12-15(19)2/h4-13,25H,1-3H3,(H,24,26). The third-order valence-corrected chi connectivity index (χ3v) is 6.09. The van der Waals surface area contributed by atoms with Crippen LogP contribution in [0.2, 0.25) is 5.02 Å². The van der Waals surface area contributed by atoms with E-state index in [0.717, 1.165) is 11.1 Å². The molecule has 0 aliphatic rings. The fraction of sp³-hybridized carbons (Fsp3) is 0.136. The molecule has 30 heavy (non-hydrogen) atoms. The van der Waals surface area contributed by atoms with Gasteiger partial charge in [0, 0.05) is 22.0 Å². The van der Waals surface area contributed by atoms with E-state index in [2.05, 4.69) is 10.0 Å². The second-order valence-electron chi connectivity index (χ2n) is 6.75. The van der Waals surface area contributed by atoms with Crippen molar-refractivity contribution in [1.82, 2.24) is 0 Å². The number of ether oxygens (including phenoxy) is 1. The highest BCUT2D eigenvalue weighted by Crippen LogP contribution is 2.28. The normalized spacial score (nSPS) is 11.1. The SMILES string of the molecule is COc1ccc(C(=O)Nc2ccc(Cl)cc2C)cc1S(=O)(=O)Nc1ccc(C)cc1. The van der Waals surface area contributed by atoms with E-state index in [9.17, 15) is 13.2 Å². The Morgan fingerprint density at radius 1 is 0.967 bits per heavy atom. The van der Waals surface area contributed by atoms with Gasteiger partial charge < -0.3 is 10.1 Å². The summed E-state index contributed by atoms with van der Waals surface area (Å²) < 4.78 is 33.6. The molecule has 0 saturated heterocycles. The zero-order valence-corrected chi connectivity index (χ0v) is 18.3. The van der Waals surface area contributed by atoms with Crippen LogP contribution in [-0.2, 0) is 10.0 Å². The summed E-state index contributed by atoms with van der Waals surface area (Å²) in [6, 6.07) is 16.3. The summed E-state index contributed by atoms with van der Waals surface area (Å²) in [6.45, 7) is 3.72. The number of halogens is 1. The topological polar surface area (TPSA) is 84.5 Å². The van der Waals surface area contributed by atoms with Gasteiger partial charge >= 0.3 is 0 Å². The van der Waals surface area contributed by atoms with Crippen molar-refractivity contribution in [2.24, 2.45) is 0 Å². The van der Waals surface area contributed by atoms with Gasteiger partial charge in [-0.3, -0.25) is 9.52 Å². The number of nitrogens with one attached hydrogen (secondary N) is 2. The van der Waals surface area contributed by atoms with E-state index >= 15 is 0 Å². The number of anilines is 2. The van der Waals surface area contributed by atoms with E-state index in [-0.39, 0.29) is 16.2 Å². The molecule has 3 rings (SSSR count). The molecular formula is C22H21ClN2O4S. The molecule has 0 aliphatic heterocycles. The molecule has 0 saturated carbocycles. The average Bonchev–Trinajstić information content (AvgIpc) is 2.71. The minimum absolute atomic E-state index is 0.133. The quantitative estimate of drug-likeness (QED) is 0.559. The summed E-state index contributed by atoms with van der Waals surface area (Å²) in [7, 11) is -2.61.